The molecule has 1 saturated heterocycles. The molecule has 0 aromatic heterocycles. The summed E-state index contributed by atoms with van der Waals surface area (Å²) in [5, 5.41) is 13.0. The summed E-state index contributed by atoms with van der Waals surface area (Å²) in [7, 11) is 1.77. The van der Waals surface area contributed by atoms with Gasteiger partial charge < -0.3 is 15.2 Å². The molecule has 0 aromatic carbocycles. The molecule has 2 fully saturated rings. The van der Waals surface area contributed by atoms with Gasteiger partial charge in [-0.25, -0.2) is 0 Å². The summed E-state index contributed by atoms with van der Waals surface area (Å²) in [5.41, 5.74) is -0.729. The van der Waals surface area contributed by atoms with Crippen LogP contribution in [-0.2, 0) is 9.53 Å². The van der Waals surface area contributed by atoms with Crippen LogP contribution in [0.2, 0.25) is 0 Å². The van der Waals surface area contributed by atoms with Gasteiger partial charge in [-0.05, 0) is 39.2 Å². The van der Waals surface area contributed by atoms with Crippen molar-refractivity contribution in [2.75, 3.05) is 19.4 Å². The Bertz CT molecular complexity index is 295. The molecule has 4 nitrogen and oxygen atoms in total. The summed E-state index contributed by atoms with van der Waals surface area (Å²) >= 11 is 1.75. The molecule has 0 aromatic rings. The predicted octanol–water partition coefficient (Wildman–Crippen LogP) is 1.35. The van der Waals surface area contributed by atoms with Crippen molar-refractivity contribution in [1.82, 2.24) is 5.32 Å². The van der Waals surface area contributed by atoms with E-state index in [9.17, 15) is 9.90 Å². The van der Waals surface area contributed by atoms with Crippen molar-refractivity contribution in [3.63, 3.8) is 0 Å². The maximum absolute atomic E-state index is 11.5. The van der Waals surface area contributed by atoms with E-state index in [0.29, 0.717) is 16.9 Å². The second-order valence-electron chi connectivity index (χ2n) is 5.01. The van der Waals surface area contributed by atoms with Crippen LogP contribution in [0.1, 0.15) is 26.2 Å². The first kappa shape index (κ1) is 13.2. The van der Waals surface area contributed by atoms with Gasteiger partial charge in [-0.2, -0.15) is 11.8 Å². The number of rotatable bonds is 6. The van der Waals surface area contributed by atoms with Gasteiger partial charge in [0, 0.05) is 17.6 Å². The van der Waals surface area contributed by atoms with Crippen LogP contribution in [0.3, 0.4) is 0 Å². The largest absolute Gasteiger partial charge is 0.480 e. The van der Waals surface area contributed by atoms with E-state index in [-0.39, 0.29) is 6.10 Å². The molecule has 3 atom stereocenters. The molecule has 17 heavy (non-hydrogen) atoms. The summed E-state index contributed by atoms with van der Waals surface area (Å²) in [6.45, 7) is 2.88. The Hall–Kier alpha value is -0.260. The highest BCUT2D eigenvalue weighted by molar-refractivity contribution is 8.00. The van der Waals surface area contributed by atoms with Crippen LogP contribution in [0.5, 0.6) is 0 Å². The minimum Gasteiger partial charge on any atom is -0.480 e. The molecule has 98 valence electrons. The second kappa shape index (κ2) is 5.16. The Labute approximate surface area is 106 Å². The van der Waals surface area contributed by atoms with Gasteiger partial charge in [0.25, 0.3) is 0 Å². The Morgan fingerprint density at radius 1 is 1.53 bits per heavy atom. The van der Waals surface area contributed by atoms with Gasteiger partial charge in [0.15, 0.2) is 0 Å². The van der Waals surface area contributed by atoms with E-state index < -0.39 is 11.5 Å². The topological polar surface area (TPSA) is 58.6 Å². The molecule has 2 N–H and O–H groups in total. The summed E-state index contributed by atoms with van der Waals surface area (Å²) in [5.74, 6) is 0.235. The third kappa shape index (κ3) is 2.61. The Morgan fingerprint density at radius 3 is 2.65 bits per heavy atom. The quantitative estimate of drug-likeness (QED) is 0.754. The monoisotopic (exact) mass is 259 g/mol. The maximum Gasteiger partial charge on any atom is 0.325 e. The number of hydrogen-bond acceptors (Lipinski definition) is 4. The number of hydrogen-bond donors (Lipinski definition) is 2. The fourth-order valence-electron chi connectivity index (χ4n) is 2.48. The van der Waals surface area contributed by atoms with Crippen molar-refractivity contribution in [2.45, 2.75) is 43.1 Å². The third-order valence-corrected chi connectivity index (χ3v) is 5.60. The van der Waals surface area contributed by atoms with E-state index in [1.807, 2.05) is 0 Å². The predicted molar refractivity (Wildman–Crippen MR) is 68.4 cm³/mol. The van der Waals surface area contributed by atoms with Crippen LogP contribution in [0.4, 0.5) is 0 Å². The molecule has 1 heterocycles. The molecule has 5 heteroatoms. The molecular formula is C12H21NO3S. The SMILES string of the molecule is CNC(CSC1CCOC1C)(C(=O)O)C1CC1. The minimum absolute atomic E-state index is 0.252. The van der Waals surface area contributed by atoms with Gasteiger partial charge in [0.1, 0.15) is 5.54 Å². The van der Waals surface area contributed by atoms with Crippen molar-refractivity contribution in [3.05, 3.63) is 0 Å². The number of carboxylic acid groups (broad SMARTS) is 1. The number of aliphatic carboxylic acids is 1. The second-order valence-corrected chi connectivity index (χ2v) is 6.24. The lowest BCUT2D eigenvalue weighted by Gasteiger charge is -2.30. The number of nitrogens with one attached hydrogen (secondary N) is 1. The van der Waals surface area contributed by atoms with Gasteiger partial charge in [-0.15, -0.1) is 0 Å². The van der Waals surface area contributed by atoms with E-state index in [2.05, 4.69) is 12.2 Å². The number of carbonyl (C=O) groups is 1. The first-order chi connectivity index (χ1) is 8.10. The van der Waals surface area contributed by atoms with Crippen LogP contribution in [0, 0.1) is 5.92 Å². The molecule has 0 radical (unpaired) electrons. The van der Waals surface area contributed by atoms with Gasteiger partial charge >= 0.3 is 5.97 Å². The average Bonchev–Trinajstić information content (AvgIpc) is 3.05. The van der Waals surface area contributed by atoms with E-state index in [0.717, 1.165) is 25.9 Å². The molecule has 2 aliphatic rings. The van der Waals surface area contributed by atoms with E-state index in [4.69, 9.17) is 4.74 Å². The number of thioether (sulfide) groups is 1. The first-order valence-corrected chi connectivity index (χ1v) is 7.30. The first-order valence-electron chi connectivity index (χ1n) is 6.25. The highest BCUT2D eigenvalue weighted by Gasteiger charge is 2.50. The summed E-state index contributed by atoms with van der Waals surface area (Å²) < 4.78 is 5.51. The van der Waals surface area contributed by atoms with Gasteiger partial charge in [0.2, 0.25) is 0 Å². The fourth-order valence-corrected chi connectivity index (χ4v) is 4.08. The average molecular weight is 259 g/mol. The minimum atomic E-state index is -0.729. The highest BCUT2D eigenvalue weighted by atomic mass is 32.2. The number of ether oxygens (including phenoxy) is 1. The summed E-state index contributed by atoms with van der Waals surface area (Å²) in [6, 6.07) is 0. The Balaban J connectivity index is 1.95. The zero-order valence-electron chi connectivity index (χ0n) is 10.4. The zero-order chi connectivity index (χ0) is 12.5. The van der Waals surface area contributed by atoms with E-state index in [1.165, 1.54) is 0 Å². The Kier molecular flexibility index (Phi) is 4.00. The third-order valence-electron chi connectivity index (χ3n) is 3.93. The van der Waals surface area contributed by atoms with Crippen molar-refractivity contribution in [3.8, 4) is 0 Å². The van der Waals surface area contributed by atoms with Crippen molar-refractivity contribution in [1.29, 1.82) is 0 Å². The zero-order valence-corrected chi connectivity index (χ0v) is 11.3. The molecule has 2 rings (SSSR count). The lowest BCUT2D eigenvalue weighted by Crippen LogP contribution is -2.55. The molecule has 1 aliphatic heterocycles. The van der Waals surface area contributed by atoms with Crippen LogP contribution in [0.25, 0.3) is 0 Å². The standard InChI is InChI=1S/C12H21NO3S/c1-8-10(5-6-16-8)17-7-12(13-2,11(14)15)9-3-4-9/h8-10,13H,3-7H2,1-2H3,(H,14,15). The van der Waals surface area contributed by atoms with Gasteiger partial charge in [-0.1, -0.05) is 0 Å². The van der Waals surface area contributed by atoms with Gasteiger partial charge in [0.05, 0.1) is 6.10 Å². The maximum atomic E-state index is 11.5. The Morgan fingerprint density at radius 2 is 2.24 bits per heavy atom. The van der Waals surface area contributed by atoms with Crippen LogP contribution in [-0.4, -0.2) is 47.4 Å². The molecule has 0 spiro atoms. The van der Waals surface area contributed by atoms with Crippen LogP contribution >= 0.6 is 11.8 Å². The lowest BCUT2D eigenvalue weighted by molar-refractivity contribution is -0.144. The molecule has 1 aliphatic carbocycles. The molecular weight excluding hydrogens is 238 g/mol. The van der Waals surface area contributed by atoms with Crippen molar-refractivity contribution >= 4 is 17.7 Å². The smallest absolute Gasteiger partial charge is 0.325 e. The van der Waals surface area contributed by atoms with Crippen LogP contribution < -0.4 is 5.32 Å². The number of carboxylic acids is 1. The summed E-state index contributed by atoms with van der Waals surface area (Å²) in [4.78, 5) is 11.5. The summed E-state index contributed by atoms with van der Waals surface area (Å²) in [6.07, 6.45) is 3.35. The normalized spacial score (nSPS) is 32.4. The van der Waals surface area contributed by atoms with Crippen molar-refractivity contribution in [2.24, 2.45) is 5.92 Å². The van der Waals surface area contributed by atoms with E-state index >= 15 is 0 Å². The fraction of sp³-hybridized carbons (Fsp3) is 0.917. The highest BCUT2D eigenvalue weighted by Crippen LogP contribution is 2.42. The van der Waals surface area contributed by atoms with Crippen molar-refractivity contribution < 1.29 is 14.6 Å². The van der Waals surface area contributed by atoms with Crippen LogP contribution in [0.15, 0.2) is 0 Å². The van der Waals surface area contributed by atoms with E-state index in [1.54, 1.807) is 18.8 Å². The lowest BCUT2D eigenvalue weighted by atomic mass is 9.96. The molecule has 0 bridgehead atoms. The molecule has 3 unspecified atom stereocenters. The number of likely N-dealkylation sites (N-methyl/N-ethyl adjacent to an activating group) is 1. The van der Waals surface area contributed by atoms with Gasteiger partial charge in [-0.3, -0.25) is 4.79 Å². The molecule has 1 saturated carbocycles. The molecule has 0 amide bonds.